The third-order valence-corrected chi connectivity index (χ3v) is 5.29. The molecule has 7 heteroatoms. The molecule has 0 unspecified atom stereocenters. The smallest absolute Gasteiger partial charge is 0.272 e. The molecule has 3 aromatic carbocycles. The summed E-state index contributed by atoms with van der Waals surface area (Å²) in [6.07, 6.45) is 1.57. The number of methoxy groups -OCH3 is 1. The number of hydrazone groups is 1. The van der Waals surface area contributed by atoms with Crippen molar-refractivity contribution in [2.45, 2.75) is 13.8 Å². The van der Waals surface area contributed by atoms with E-state index in [1.54, 1.807) is 19.4 Å². The maximum Gasteiger partial charge on any atom is 0.272 e. The summed E-state index contributed by atoms with van der Waals surface area (Å²) in [7, 11) is 1.61. The highest BCUT2D eigenvalue weighted by molar-refractivity contribution is 6.07. The van der Waals surface area contributed by atoms with Gasteiger partial charge in [0.2, 0.25) is 0 Å². The molecule has 1 amide bonds. The van der Waals surface area contributed by atoms with Crippen molar-refractivity contribution in [2.75, 3.05) is 20.3 Å². The second kappa shape index (κ2) is 11.2. The molecule has 0 fully saturated rings. The topological polar surface area (TPSA) is 82.0 Å². The van der Waals surface area contributed by atoms with E-state index < -0.39 is 0 Å². The van der Waals surface area contributed by atoms with E-state index in [9.17, 15) is 4.79 Å². The van der Waals surface area contributed by atoms with Crippen LogP contribution in [-0.2, 0) is 0 Å². The van der Waals surface area contributed by atoms with E-state index in [1.165, 1.54) is 0 Å². The van der Waals surface area contributed by atoms with Gasteiger partial charge in [-0.3, -0.25) is 4.79 Å². The minimum atomic E-state index is -0.341. The van der Waals surface area contributed by atoms with E-state index >= 15 is 0 Å². The van der Waals surface area contributed by atoms with Gasteiger partial charge in [-0.05, 0) is 61.9 Å². The molecule has 1 N–H and O–H groups in total. The first kappa shape index (κ1) is 23.8. The Morgan fingerprint density at radius 2 is 1.66 bits per heavy atom. The summed E-state index contributed by atoms with van der Waals surface area (Å²) >= 11 is 0. The molecule has 0 bridgehead atoms. The summed E-state index contributed by atoms with van der Waals surface area (Å²) in [5, 5.41) is 4.91. The van der Waals surface area contributed by atoms with Crippen LogP contribution in [0.1, 0.15) is 29.8 Å². The maximum atomic E-state index is 13.2. The van der Waals surface area contributed by atoms with Crippen molar-refractivity contribution < 1.29 is 19.0 Å². The molecule has 0 atom stereocenters. The summed E-state index contributed by atoms with van der Waals surface area (Å²) < 4.78 is 16.7. The van der Waals surface area contributed by atoms with E-state index in [4.69, 9.17) is 19.2 Å². The number of ether oxygens (including phenoxy) is 3. The molecular formula is C28H27N3O4. The summed E-state index contributed by atoms with van der Waals surface area (Å²) in [5.41, 5.74) is 6.03. The second-order valence-corrected chi connectivity index (χ2v) is 7.54. The Labute approximate surface area is 204 Å². The van der Waals surface area contributed by atoms with Gasteiger partial charge in [0, 0.05) is 10.9 Å². The molecule has 0 aliphatic rings. The molecule has 0 aliphatic carbocycles. The number of carbonyl (C=O) groups excluding carboxylic acids is 1. The molecule has 4 rings (SSSR count). The number of rotatable bonds is 9. The van der Waals surface area contributed by atoms with Crippen LogP contribution in [0.2, 0.25) is 0 Å². The molecule has 35 heavy (non-hydrogen) atoms. The first-order chi connectivity index (χ1) is 17.1. The largest absolute Gasteiger partial charge is 0.496 e. The van der Waals surface area contributed by atoms with Gasteiger partial charge in [-0.2, -0.15) is 5.10 Å². The fourth-order valence-electron chi connectivity index (χ4n) is 3.73. The highest BCUT2D eigenvalue weighted by Gasteiger charge is 2.15. The molecule has 0 aliphatic heterocycles. The van der Waals surface area contributed by atoms with Gasteiger partial charge in [-0.15, -0.1) is 0 Å². The van der Waals surface area contributed by atoms with Crippen LogP contribution in [-0.4, -0.2) is 37.4 Å². The number of hydrogen-bond donors (Lipinski definition) is 1. The van der Waals surface area contributed by atoms with Gasteiger partial charge in [0.15, 0.2) is 11.5 Å². The molecule has 1 aromatic heterocycles. The Bertz CT molecular complexity index is 1370. The number of para-hydroxylation sites is 2. The van der Waals surface area contributed by atoms with Gasteiger partial charge < -0.3 is 14.2 Å². The molecule has 7 nitrogen and oxygen atoms in total. The molecular weight excluding hydrogens is 442 g/mol. The fraction of sp³-hybridized carbons (Fsp3) is 0.179. The van der Waals surface area contributed by atoms with Crippen molar-refractivity contribution in [1.29, 1.82) is 0 Å². The van der Waals surface area contributed by atoms with E-state index in [1.807, 2.05) is 80.6 Å². The van der Waals surface area contributed by atoms with E-state index in [0.717, 1.165) is 16.5 Å². The number of nitrogens with zero attached hydrogens (tertiary/aromatic N) is 2. The molecule has 0 saturated heterocycles. The SMILES string of the molecule is CCOc1ccc(/C=N/NC(=O)c2cc(-c3ccccc3OC)nc3ccccc23)cc1OCC. The van der Waals surface area contributed by atoms with Crippen molar-refractivity contribution in [1.82, 2.24) is 10.4 Å². The third kappa shape index (κ3) is 5.41. The third-order valence-electron chi connectivity index (χ3n) is 5.29. The predicted octanol–water partition coefficient (Wildman–Crippen LogP) is 5.47. The van der Waals surface area contributed by atoms with E-state index in [2.05, 4.69) is 10.5 Å². The average molecular weight is 470 g/mol. The standard InChI is InChI=1S/C28H27N3O4/c1-4-34-26-15-14-19(16-27(26)35-5-2)18-29-31-28(32)22-17-24(21-11-7-9-13-25(21)33-3)30-23-12-8-6-10-20(22)23/h6-18H,4-5H2,1-3H3,(H,31,32)/b29-18+. The Kier molecular flexibility index (Phi) is 7.57. The summed E-state index contributed by atoms with van der Waals surface area (Å²) in [6, 6.07) is 22.4. The number of benzene rings is 3. The fourth-order valence-corrected chi connectivity index (χ4v) is 3.73. The zero-order chi connectivity index (χ0) is 24.6. The Hall–Kier alpha value is -4.39. The lowest BCUT2D eigenvalue weighted by molar-refractivity contribution is 0.0956. The van der Waals surface area contributed by atoms with Crippen molar-refractivity contribution in [3.05, 3.63) is 83.9 Å². The minimum absolute atomic E-state index is 0.341. The van der Waals surface area contributed by atoms with Crippen LogP contribution in [0.25, 0.3) is 22.2 Å². The monoisotopic (exact) mass is 469 g/mol. The average Bonchev–Trinajstić information content (AvgIpc) is 2.89. The van der Waals surface area contributed by atoms with Gasteiger partial charge >= 0.3 is 0 Å². The van der Waals surface area contributed by atoms with Crippen LogP contribution in [0.4, 0.5) is 0 Å². The van der Waals surface area contributed by atoms with Crippen molar-refractivity contribution in [3.63, 3.8) is 0 Å². The summed E-state index contributed by atoms with van der Waals surface area (Å²) in [4.78, 5) is 17.9. The number of fused-ring (bicyclic) bond motifs is 1. The first-order valence-corrected chi connectivity index (χ1v) is 11.4. The van der Waals surface area contributed by atoms with Gasteiger partial charge in [-0.25, -0.2) is 10.4 Å². The number of amides is 1. The van der Waals surface area contributed by atoms with Crippen LogP contribution < -0.4 is 19.6 Å². The lowest BCUT2D eigenvalue weighted by Crippen LogP contribution is -2.18. The second-order valence-electron chi connectivity index (χ2n) is 7.54. The van der Waals surface area contributed by atoms with Crippen molar-refractivity contribution in [2.24, 2.45) is 5.10 Å². The Morgan fingerprint density at radius 1 is 0.914 bits per heavy atom. The number of pyridine rings is 1. The zero-order valence-corrected chi connectivity index (χ0v) is 19.9. The molecule has 1 heterocycles. The number of aromatic nitrogens is 1. The lowest BCUT2D eigenvalue weighted by atomic mass is 10.0. The van der Waals surface area contributed by atoms with Crippen LogP contribution in [0.5, 0.6) is 17.2 Å². The van der Waals surface area contributed by atoms with Gasteiger partial charge in [0.1, 0.15) is 5.75 Å². The van der Waals surface area contributed by atoms with Crippen LogP contribution in [0.15, 0.2) is 77.9 Å². The van der Waals surface area contributed by atoms with Gasteiger partial charge in [-0.1, -0.05) is 30.3 Å². The summed E-state index contributed by atoms with van der Waals surface area (Å²) in [6.45, 7) is 4.89. The molecule has 0 saturated carbocycles. The van der Waals surface area contributed by atoms with Crippen LogP contribution in [0.3, 0.4) is 0 Å². The number of nitrogens with one attached hydrogen (secondary N) is 1. The quantitative estimate of drug-likeness (QED) is 0.260. The van der Waals surface area contributed by atoms with Gasteiger partial charge in [0.05, 0.1) is 43.3 Å². The Morgan fingerprint density at radius 3 is 2.46 bits per heavy atom. The maximum absolute atomic E-state index is 13.2. The van der Waals surface area contributed by atoms with Crippen molar-refractivity contribution in [3.8, 4) is 28.5 Å². The molecule has 0 radical (unpaired) electrons. The molecule has 4 aromatic rings. The highest BCUT2D eigenvalue weighted by atomic mass is 16.5. The summed E-state index contributed by atoms with van der Waals surface area (Å²) in [5.74, 6) is 1.64. The van der Waals surface area contributed by atoms with Crippen LogP contribution >= 0.6 is 0 Å². The van der Waals surface area contributed by atoms with Crippen molar-refractivity contribution >= 4 is 23.0 Å². The minimum Gasteiger partial charge on any atom is -0.496 e. The van der Waals surface area contributed by atoms with E-state index in [0.29, 0.717) is 47.2 Å². The molecule has 178 valence electrons. The number of carbonyl (C=O) groups is 1. The normalized spacial score (nSPS) is 10.9. The van der Waals surface area contributed by atoms with E-state index in [-0.39, 0.29) is 5.91 Å². The zero-order valence-electron chi connectivity index (χ0n) is 19.9. The highest BCUT2D eigenvalue weighted by Crippen LogP contribution is 2.31. The first-order valence-electron chi connectivity index (χ1n) is 11.4. The molecule has 0 spiro atoms. The predicted molar refractivity (Wildman–Crippen MR) is 138 cm³/mol. The Balaban J connectivity index is 1.63. The lowest BCUT2D eigenvalue weighted by Gasteiger charge is -2.12. The van der Waals surface area contributed by atoms with Crippen LogP contribution in [0, 0.1) is 0 Å². The van der Waals surface area contributed by atoms with Gasteiger partial charge in [0.25, 0.3) is 5.91 Å². The number of hydrogen-bond acceptors (Lipinski definition) is 6.